The van der Waals surface area contributed by atoms with Crippen molar-refractivity contribution in [2.45, 2.75) is 50.5 Å². The number of amides is 1. The van der Waals surface area contributed by atoms with Gasteiger partial charge >= 0.3 is 0 Å². The number of rotatable bonds is 7. The zero-order valence-corrected chi connectivity index (χ0v) is 19.2. The van der Waals surface area contributed by atoms with Crippen molar-refractivity contribution in [3.8, 4) is 11.1 Å². The van der Waals surface area contributed by atoms with Gasteiger partial charge in [0.25, 0.3) is 5.91 Å². The van der Waals surface area contributed by atoms with Gasteiger partial charge in [-0.3, -0.25) is 10.1 Å². The molecule has 2 N–H and O–H groups in total. The van der Waals surface area contributed by atoms with Gasteiger partial charge in [-0.1, -0.05) is 42.5 Å². The van der Waals surface area contributed by atoms with Crippen molar-refractivity contribution in [1.82, 2.24) is 10.8 Å². The molecule has 2 saturated heterocycles. The second kappa shape index (κ2) is 10.3. The Morgan fingerprint density at radius 3 is 2.55 bits per heavy atom. The molecule has 2 aromatic carbocycles. The van der Waals surface area contributed by atoms with Crippen LogP contribution in [0.5, 0.6) is 0 Å². The number of sulfone groups is 1. The molecule has 178 valence electrons. The molecule has 7 nitrogen and oxygen atoms in total. The van der Waals surface area contributed by atoms with E-state index >= 15 is 0 Å². The lowest BCUT2D eigenvalue weighted by atomic mass is 9.90. The fourth-order valence-corrected chi connectivity index (χ4v) is 5.71. The largest absolute Gasteiger partial charge is 0.350 e. The molecule has 0 aromatic heterocycles. The van der Waals surface area contributed by atoms with Gasteiger partial charge in [0.05, 0.1) is 11.5 Å². The predicted molar refractivity (Wildman–Crippen MR) is 122 cm³/mol. The first-order valence-corrected chi connectivity index (χ1v) is 13.1. The fraction of sp³-hybridized carbons (Fsp3) is 0.458. The lowest BCUT2D eigenvalue weighted by Crippen LogP contribution is -2.60. The van der Waals surface area contributed by atoms with Crippen LogP contribution in [0.3, 0.4) is 0 Å². The van der Waals surface area contributed by atoms with Crippen LogP contribution in [-0.2, 0) is 30.8 Å². The summed E-state index contributed by atoms with van der Waals surface area (Å²) in [6, 6.07) is 14.2. The minimum Gasteiger partial charge on any atom is -0.350 e. The Hall–Kier alpha value is -2.33. The minimum atomic E-state index is -3.19. The molecule has 0 bridgehead atoms. The van der Waals surface area contributed by atoms with Crippen LogP contribution in [0.4, 0.5) is 4.39 Å². The molecule has 4 rings (SSSR count). The van der Waals surface area contributed by atoms with Crippen LogP contribution in [-0.4, -0.2) is 44.3 Å². The van der Waals surface area contributed by atoms with Crippen molar-refractivity contribution in [2.75, 3.05) is 18.1 Å². The maximum absolute atomic E-state index is 14.8. The van der Waals surface area contributed by atoms with E-state index in [1.807, 2.05) is 30.3 Å². The first-order valence-electron chi connectivity index (χ1n) is 11.2. The number of nitrogens with one attached hydrogen (secondary N) is 2. The van der Waals surface area contributed by atoms with E-state index in [0.717, 1.165) is 18.4 Å². The first kappa shape index (κ1) is 23.8. The van der Waals surface area contributed by atoms with Crippen LogP contribution in [0, 0.1) is 5.82 Å². The van der Waals surface area contributed by atoms with Crippen molar-refractivity contribution in [1.29, 1.82) is 0 Å². The van der Waals surface area contributed by atoms with Gasteiger partial charge in [0.2, 0.25) is 0 Å². The second-order valence-corrected chi connectivity index (χ2v) is 10.9. The Balaban J connectivity index is 1.45. The quantitative estimate of drug-likeness (QED) is 0.597. The summed E-state index contributed by atoms with van der Waals surface area (Å²) < 4.78 is 44.2. The van der Waals surface area contributed by atoms with Gasteiger partial charge in [-0.15, -0.1) is 0 Å². The maximum atomic E-state index is 14.8. The van der Waals surface area contributed by atoms with Crippen LogP contribution >= 0.6 is 0 Å². The fourth-order valence-electron chi connectivity index (χ4n) is 4.18. The van der Waals surface area contributed by atoms with Gasteiger partial charge in [-0.2, -0.15) is 0 Å². The molecule has 2 aliphatic rings. The van der Waals surface area contributed by atoms with E-state index in [1.54, 1.807) is 12.1 Å². The number of ether oxygens (including phenoxy) is 1. The predicted octanol–water partition coefficient (Wildman–Crippen LogP) is 3.10. The molecule has 0 spiro atoms. The lowest BCUT2D eigenvalue weighted by molar-refractivity contribution is -0.203. The van der Waals surface area contributed by atoms with E-state index < -0.39 is 27.6 Å². The molecule has 0 saturated carbocycles. The summed E-state index contributed by atoms with van der Waals surface area (Å²) in [5.41, 5.74) is 3.28. The molecular formula is C24H29FN2O5S. The van der Waals surface area contributed by atoms with Crippen LogP contribution in [0.25, 0.3) is 11.1 Å². The summed E-state index contributed by atoms with van der Waals surface area (Å²) in [7, 11) is -3.19. The third-order valence-electron chi connectivity index (χ3n) is 6.28. The number of hydrogen-bond donors (Lipinski definition) is 2. The molecule has 0 aliphatic carbocycles. The van der Waals surface area contributed by atoms with Crippen LogP contribution in [0.1, 0.15) is 37.7 Å². The first-order chi connectivity index (χ1) is 15.9. The van der Waals surface area contributed by atoms with E-state index in [9.17, 15) is 17.6 Å². The summed E-state index contributed by atoms with van der Waals surface area (Å²) >= 11 is 0. The Labute approximate surface area is 193 Å². The standard InChI is InChI=1S/C24H29FN2O5S/c25-21-16-18(9-10-20(21)19-6-2-1-3-7-19)17-26-24(11-14-33(29,30)15-12-24)23(28)27-32-22-8-4-5-13-31-22/h1-3,6-7,9-10,16,22,26H,4-5,8,11-15,17H2,(H,27,28). The van der Waals surface area contributed by atoms with Gasteiger partial charge in [-0.25, -0.2) is 23.1 Å². The van der Waals surface area contributed by atoms with Gasteiger partial charge in [0, 0.05) is 25.1 Å². The Morgan fingerprint density at radius 2 is 1.88 bits per heavy atom. The van der Waals surface area contributed by atoms with Crippen molar-refractivity contribution in [2.24, 2.45) is 0 Å². The maximum Gasteiger partial charge on any atom is 0.263 e. The summed E-state index contributed by atoms with van der Waals surface area (Å²) in [6.07, 6.45) is 2.30. The number of hydroxylamine groups is 1. The van der Waals surface area contributed by atoms with Crippen molar-refractivity contribution < 1.29 is 27.2 Å². The summed E-state index contributed by atoms with van der Waals surface area (Å²) in [4.78, 5) is 18.5. The van der Waals surface area contributed by atoms with Gasteiger partial charge in [0.15, 0.2) is 6.29 Å². The Bertz CT molecular complexity index is 1060. The molecule has 1 amide bonds. The molecular weight excluding hydrogens is 447 g/mol. The van der Waals surface area contributed by atoms with Crippen LogP contribution in [0.15, 0.2) is 48.5 Å². The highest BCUT2D eigenvalue weighted by molar-refractivity contribution is 7.91. The molecule has 2 aromatic rings. The van der Waals surface area contributed by atoms with E-state index in [2.05, 4.69) is 10.8 Å². The Kier molecular flexibility index (Phi) is 7.43. The molecule has 2 heterocycles. The monoisotopic (exact) mass is 476 g/mol. The zero-order chi connectivity index (χ0) is 23.3. The lowest BCUT2D eigenvalue weighted by Gasteiger charge is -2.37. The normalized spacial score (nSPS) is 21.9. The van der Waals surface area contributed by atoms with Crippen LogP contribution in [0.2, 0.25) is 0 Å². The number of carbonyl (C=O) groups excluding carboxylic acids is 1. The molecule has 9 heteroatoms. The highest BCUT2D eigenvalue weighted by atomic mass is 32.2. The summed E-state index contributed by atoms with van der Waals surface area (Å²) in [5, 5.41) is 3.20. The second-order valence-electron chi connectivity index (χ2n) is 8.61. The highest BCUT2D eigenvalue weighted by Gasteiger charge is 2.43. The summed E-state index contributed by atoms with van der Waals surface area (Å²) in [5.74, 6) is -1.00. The average Bonchev–Trinajstić information content (AvgIpc) is 2.83. The average molecular weight is 477 g/mol. The minimum absolute atomic E-state index is 0.103. The highest BCUT2D eigenvalue weighted by Crippen LogP contribution is 2.27. The zero-order valence-electron chi connectivity index (χ0n) is 18.4. The molecule has 2 aliphatic heterocycles. The van der Waals surface area contributed by atoms with Gasteiger partial charge in [-0.05, 0) is 42.9 Å². The topological polar surface area (TPSA) is 93.7 Å². The third-order valence-corrected chi connectivity index (χ3v) is 7.94. The van der Waals surface area contributed by atoms with E-state index in [0.29, 0.717) is 24.2 Å². The van der Waals surface area contributed by atoms with Gasteiger partial charge in [0.1, 0.15) is 21.2 Å². The van der Waals surface area contributed by atoms with Crippen molar-refractivity contribution >= 4 is 15.7 Å². The molecule has 0 radical (unpaired) electrons. The van der Waals surface area contributed by atoms with E-state index in [1.165, 1.54) is 6.07 Å². The number of carbonyl (C=O) groups is 1. The number of halogens is 1. The van der Waals surface area contributed by atoms with E-state index in [-0.39, 0.29) is 36.7 Å². The third kappa shape index (κ3) is 5.97. The molecule has 1 atom stereocenters. The number of benzene rings is 2. The molecule has 33 heavy (non-hydrogen) atoms. The SMILES string of the molecule is O=C(NOC1CCCCO1)C1(NCc2ccc(-c3ccccc3)c(F)c2)CCS(=O)(=O)CC1. The molecule has 1 unspecified atom stereocenters. The van der Waals surface area contributed by atoms with Crippen molar-refractivity contribution in [3.05, 3.63) is 59.9 Å². The van der Waals surface area contributed by atoms with Crippen LogP contribution < -0.4 is 10.8 Å². The van der Waals surface area contributed by atoms with Gasteiger partial charge < -0.3 is 4.74 Å². The Morgan fingerprint density at radius 1 is 1.12 bits per heavy atom. The van der Waals surface area contributed by atoms with Crippen molar-refractivity contribution in [3.63, 3.8) is 0 Å². The molecule has 2 fully saturated rings. The smallest absolute Gasteiger partial charge is 0.263 e. The summed E-state index contributed by atoms with van der Waals surface area (Å²) in [6.45, 7) is 0.784. The van der Waals surface area contributed by atoms with E-state index in [4.69, 9.17) is 9.57 Å². The number of hydrogen-bond acceptors (Lipinski definition) is 6.